The van der Waals surface area contributed by atoms with Crippen molar-refractivity contribution >= 4 is 12.0 Å². The first-order valence-corrected chi connectivity index (χ1v) is 7.22. The summed E-state index contributed by atoms with van der Waals surface area (Å²) in [5.74, 6) is 0.377. The Balaban J connectivity index is 1.90. The first-order chi connectivity index (χ1) is 9.13. The molecule has 1 saturated carbocycles. The lowest BCUT2D eigenvalue weighted by Gasteiger charge is -2.30. The van der Waals surface area contributed by atoms with Gasteiger partial charge in [0, 0.05) is 20.1 Å². The largest absolute Gasteiger partial charge is 0.469 e. The molecular weight excluding hydrogens is 244 g/mol. The lowest BCUT2D eigenvalue weighted by atomic mass is 9.84. The number of rotatable bonds is 4. The van der Waals surface area contributed by atoms with E-state index in [1.165, 1.54) is 39.2 Å². The minimum Gasteiger partial charge on any atom is -0.469 e. The van der Waals surface area contributed by atoms with Gasteiger partial charge in [-0.05, 0) is 18.8 Å². The Morgan fingerprint density at radius 3 is 2.63 bits per heavy atom. The molecule has 0 aromatic carbocycles. The summed E-state index contributed by atoms with van der Waals surface area (Å²) in [5.41, 5.74) is 0. The molecule has 0 bridgehead atoms. The monoisotopic (exact) mass is 268 g/mol. The zero-order chi connectivity index (χ0) is 13.8. The zero-order valence-corrected chi connectivity index (χ0v) is 11.9. The van der Waals surface area contributed by atoms with Crippen LogP contribution in [0.3, 0.4) is 0 Å². The summed E-state index contributed by atoms with van der Waals surface area (Å²) in [6.07, 6.45) is 6.64. The van der Waals surface area contributed by atoms with Crippen LogP contribution in [0.2, 0.25) is 0 Å². The maximum atomic E-state index is 12.2. The number of esters is 1. The number of nitrogens with zero attached hydrogens (tertiary/aromatic N) is 2. The van der Waals surface area contributed by atoms with Gasteiger partial charge in [-0.2, -0.15) is 0 Å². The molecule has 2 amide bonds. The van der Waals surface area contributed by atoms with Crippen molar-refractivity contribution in [2.45, 2.75) is 44.6 Å². The first kappa shape index (κ1) is 14.2. The van der Waals surface area contributed by atoms with Gasteiger partial charge in [0.25, 0.3) is 0 Å². The topological polar surface area (TPSA) is 49.9 Å². The van der Waals surface area contributed by atoms with Gasteiger partial charge in [-0.3, -0.25) is 4.79 Å². The van der Waals surface area contributed by atoms with Crippen molar-refractivity contribution in [3.63, 3.8) is 0 Å². The molecule has 1 aliphatic carbocycles. The molecule has 108 valence electrons. The number of hydrogen-bond donors (Lipinski definition) is 0. The van der Waals surface area contributed by atoms with E-state index in [2.05, 4.69) is 4.74 Å². The molecule has 19 heavy (non-hydrogen) atoms. The number of hydrogen-bond acceptors (Lipinski definition) is 3. The van der Waals surface area contributed by atoms with E-state index in [-0.39, 0.29) is 18.4 Å². The van der Waals surface area contributed by atoms with Crippen molar-refractivity contribution in [1.82, 2.24) is 9.80 Å². The van der Waals surface area contributed by atoms with E-state index in [4.69, 9.17) is 0 Å². The molecule has 0 spiro atoms. The molecule has 2 aliphatic rings. The number of likely N-dealkylation sites (N-methyl/N-ethyl adjacent to an activating group) is 1. The molecule has 2 rings (SSSR count). The van der Waals surface area contributed by atoms with Gasteiger partial charge < -0.3 is 14.5 Å². The molecule has 1 saturated heterocycles. The van der Waals surface area contributed by atoms with E-state index in [0.717, 1.165) is 6.54 Å². The van der Waals surface area contributed by atoms with Crippen LogP contribution in [0.1, 0.15) is 38.5 Å². The van der Waals surface area contributed by atoms with Crippen molar-refractivity contribution < 1.29 is 14.3 Å². The fraction of sp³-hybridized carbons (Fsp3) is 0.857. The Labute approximate surface area is 114 Å². The van der Waals surface area contributed by atoms with Crippen LogP contribution in [0.4, 0.5) is 4.79 Å². The lowest BCUT2D eigenvalue weighted by molar-refractivity contribution is -0.140. The smallest absolute Gasteiger partial charge is 0.320 e. The molecule has 0 aromatic rings. The third kappa shape index (κ3) is 3.19. The highest BCUT2D eigenvalue weighted by atomic mass is 16.5. The molecule has 1 heterocycles. The summed E-state index contributed by atoms with van der Waals surface area (Å²) in [4.78, 5) is 27.0. The van der Waals surface area contributed by atoms with Crippen LogP contribution >= 0.6 is 0 Å². The van der Waals surface area contributed by atoms with E-state index in [0.29, 0.717) is 18.5 Å². The number of urea groups is 1. The Morgan fingerprint density at radius 1 is 1.32 bits per heavy atom. The maximum absolute atomic E-state index is 12.2. The van der Waals surface area contributed by atoms with E-state index in [1.807, 2.05) is 11.9 Å². The number of carbonyl (C=O) groups excluding carboxylic acids is 2. The lowest BCUT2D eigenvalue weighted by Crippen LogP contribution is -2.37. The van der Waals surface area contributed by atoms with Gasteiger partial charge in [0.2, 0.25) is 0 Å². The SMILES string of the molecule is COC(=O)CCN1CC(C2CCCCC2)N(C)C1=O. The summed E-state index contributed by atoms with van der Waals surface area (Å²) in [5, 5.41) is 0. The highest BCUT2D eigenvalue weighted by molar-refractivity contribution is 5.78. The number of methoxy groups -OCH3 is 1. The van der Waals surface area contributed by atoms with Crippen LogP contribution in [0.15, 0.2) is 0 Å². The Kier molecular flexibility index (Phi) is 4.66. The molecule has 2 fully saturated rings. The molecule has 5 heteroatoms. The molecule has 0 radical (unpaired) electrons. The average molecular weight is 268 g/mol. The molecule has 0 N–H and O–H groups in total. The predicted octanol–water partition coefficient (Wildman–Crippen LogP) is 1.87. The van der Waals surface area contributed by atoms with Crippen LogP contribution in [0, 0.1) is 5.92 Å². The van der Waals surface area contributed by atoms with Gasteiger partial charge in [0.05, 0.1) is 19.6 Å². The van der Waals surface area contributed by atoms with Crippen LogP contribution < -0.4 is 0 Å². The summed E-state index contributed by atoms with van der Waals surface area (Å²) >= 11 is 0. The standard InChI is InChI=1S/C14H24N2O3/c1-15-12(11-6-4-3-5-7-11)10-16(14(15)18)9-8-13(17)19-2/h11-12H,3-10H2,1-2H3. The second-order valence-electron chi connectivity index (χ2n) is 5.63. The molecule has 1 aliphatic heterocycles. The average Bonchev–Trinajstić information content (AvgIpc) is 2.73. The Morgan fingerprint density at radius 2 is 2.00 bits per heavy atom. The van der Waals surface area contributed by atoms with E-state index in [1.54, 1.807) is 4.90 Å². The van der Waals surface area contributed by atoms with Gasteiger partial charge in [0.1, 0.15) is 0 Å². The zero-order valence-electron chi connectivity index (χ0n) is 11.9. The van der Waals surface area contributed by atoms with Gasteiger partial charge in [-0.1, -0.05) is 19.3 Å². The second kappa shape index (κ2) is 6.26. The minimum absolute atomic E-state index is 0.0551. The molecular formula is C14H24N2O3. The first-order valence-electron chi connectivity index (χ1n) is 7.22. The van der Waals surface area contributed by atoms with Crippen molar-refractivity contribution in [2.75, 3.05) is 27.2 Å². The summed E-state index contributed by atoms with van der Waals surface area (Å²) < 4.78 is 4.62. The summed E-state index contributed by atoms with van der Waals surface area (Å²) in [6.45, 7) is 1.23. The van der Waals surface area contributed by atoms with Crippen LogP contribution in [-0.2, 0) is 9.53 Å². The van der Waals surface area contributed by atoms with Gasteiger partial charge in [-0.25, -0.2) is 4.79 Å². The normalized spacial score (nSPS) is 24.9. The van der Waals surface area contributed by atoms with E-state index >= 15 is 0 Å². The molecule has 5 nitrogen and oxygen atoms in total. The molecule has 0 aromatic heterocycles. The molecule has 1 atom stereocenters. The summed E-state index contributed by atoms with van der Waals surface area (Å²) in [6, 6.07) is 0.380. The van der Waals surface area contributed by atoms with Crippen molar-refractivity contribution in [1.29, 1.82) is 0 Å². The highest BCUT2D eigenvalue weighted by Gasteiger charge is 2.39. The third-order valence-electron chi connectivity index (χ3n) is 4.48. The van der Waals surface area contributed by atoms with Gasteiger partial charge >= 0.3 is 12.0 Å². The Hall–Kier alpha value is -1.26. The number of ether oxygens (including phenoxy) is 1. The molecule has 1 unspecified atom stereocenters. The number of carbonyl (C=O) groups is 2. The van der Waals surface area contributed by atoms with Gasteiger partial charge in [0.15, 0.2) is 0 Å². The third-order valence-corrected chi connectivity index (χ3v) is 4.48. The van der Waals surface area contributed by atoms with Crippen LogP contribution in [0.25, 0.3) is 0 Å². The van der Waals surface area contributed by atoms with E-state index in [9.17, 15) is 9.59 Å². The van der Waals surface area contributed by atoms with Gasteiger partial charge in [-0.15, -0.1) is 0 Å². The van der Waals surface area contributed by atoms with Crippen molar-refractivity contribution in [2.24, 2.45) is 5.92 Å². The maximum Gasteiger partial charge on any atom is 0.320 e. The van der Waals surface area contributed by atoms with Crippen LogP contribution in [-0.4, -0.2) is 55.1 Å². The fourth-order valence-electron chi connectivity index (χ4n) is 3.29. The Bertz CT molecular complexity index is 340. The van der Waals surface area contributed by atoms with Crippen molar-refractivity contribution in [3.05, 3.63) is 0 Å². The quantitative estimate of drug-likeness (QED) is 0.731. The summed E-state index contributed by atoms with van der Waals surface area (Å²) in [7, 11) is 3.27. The predicted molar refractivity (Wildman–Crippen MR) is 71.7 cm³/mol. The fourth-order valence-corrected chi connectivity index (χ4v) is 3.29. The minimum atomic E-state index is -0.253. The highest BCUT2D eigenvalue weighted by Crippen LogP contribution is 2.32. The van der Waals surface area contributed by atoms with Crippen molar-refractivity contribution in [3.8, 4) is 0 Å². The van der Waals surface area contributed by atoms with E-state index < -0.39 is 0 Å². The number of amides is 2. The second-order valence-corrected chi connectivity index (χ2v) is 5.63. The van der Waals surface area contributed by atoms with Crippen LogP contribution in [0.5, 0.6) is 0 Å².